The van der Waals surface area contributed by atoms with E-state index in [9.17, 15) is 9.59 Å². The Hall–Kier alpha value is -3.64. The van der Waals surface area contributed by atoms with Gasteiger partial charge in [0.2, 0.25) is 5.91 Å². The molecule has 3 aromatic carbocycles. The molecular weight excluding hydrogens is 414 g/mol. The van der Waals surface area contributed by atoms with E-state index < -0.39 is 6.10 Å². The second kappa shape index (κ2) is 9.46. The molecule has 168 valence electrons. The summed E-state index contributed by atoms with van der Waals surface area (Å²) in [4.78, 5) is 29.7. The Morgan fingerprint density at radius 3 is 2.06 bits per heavy atom. The summed E-state index contributed by atoms with van der Waals surface area (Å²) in [6.07, 6.45) is -0.757. The van der Waals surface area contributed by atoms with Crippen LogP contribution >= 0.6 is 0 Å². The first-order chi connectivity index (χ1) is 16.2. The van der Waals surface area contributed by atoms with Crippen LogP contribution in [0.5, 0.6) is 5.75 Å². The highest BCUT2D eigenvalue weighted by Crippen LogP contribution is 2.31. The predicted octanol–water partition coefficient (Wildman–Crippen LogP) is 3.71. The fraction of sp³-hybridized carbons (Fsp3) is 0.259. The molecule has 0 aromatic heterocycles. The molecule has 6 heteroatoms. The van der Waals surface area contributed by atoms with Crippen molar-refractivity contribution in [1.82, 2.24) is 9.80 Å². The molecular formula is C27H27N3O3. The lowest BCUT2D eigenvalue weighted by Crippen LogP contribution is -2.51. The van der Waals surface area contributed by atoms with E-state index in [1.165, 1.54) is 11.1 Å². The molecule has 6 nitrogen and oxygen atoms in total. The fourth-order valence-electron chi connectivity index (χ4n) is 4.63. The molecule has 0 bridgehead atoms. The summed E-state index contributed by atoms with van der Waals surface area (Å²) in [5.41, 5.74) is 3.14. The molecule has 0 aliphatic carbocycles. The normalized spacial score (nSPS) is 18.4. The van der Waals surface area contributed by atoms with E-state index in [2.05, 4.69) is 58.7 Å². The number of hydrogen-bond donors (Lipinski definition) is 1. The van der Waals surface area contributed by atoms with Crippen LogP contribution in [0.3, 0.4) is 0 Å². The van der Waals surface area contributed by atoms with E-state index in [-0.39, 0.29) is 24.3 Å². The maximum Gasteiger partial charge on any atom is 0.266 e. The quantitative estimate of drug-likeness (QED) is 0.656. The Bertz CT molecular complexity index is 1070. The lowest BCUT2D eigenvalue weighted by molar-refractivity contribution is -0.138. The van der Waals surface area contributed by atoms with Crippen molar-refractivity contribution < 1.29 is 14.3 Å². The maximum atomic E-state index is 13.0. The molecule has 1 fully saturated rings. The topological polar surface area (TPSA) is 61.9 Å². The van der Waals surface area contributed by atoms with Gasteiger partial charge < -0.3 is 15.0 Å². The predicted molar refractivity (Wildman–Crippen MR) is 127 cm³/mol. The molecule has 2 aliphatic rings. The summed E-state index contributed by atoms with van der Waals surface area (Å²) >= 11 is 0. The minimum absolute atomic E-state index is 0.0426. The number of ether oxygens (including phenoxy) is 1. The highest BCUT2D eigenvalue weighted by Gasteiger charge is 2.33. The van der Waals surface area contributed by atoms with Crippen molar-refractivity contribution in [2.24, 2.45) is 0 Å². The molecule has 0 radical (unpaired) electrons. The Kier molecular flexibility index (Phi) is 6.09. The number of para-hydroxylation sites is 2. The van der Waals surface area contributed by atoms with Crippen LogP contribution in [0.1, 0.15) is 23.6 Å². The second-order valence-corrected chi connectivity index (χ2v) is 8.44. The molecule has 1 N–H and O–H groups in total. The van der Waals surface area contributed by atoms with E-state index in [4.69, 9.17) is 4.74 Å². The van der Waals surface area contributed by atoms with Crippen LogP contribution in [-0.2, 0) is 9.59 Å². The van der Waals surface area contributed by atoms with Crippen LogP contribution in [0.2, 0.25) is 0 Å². The minimum atomic E-state index is -0.799. The molecule has 1 atom stereocenters. The molecule has 2 aliphatic heterocycles. The molecule has 0 saturated carbocycles. The summed E-state index contributed by atoms with van der Waals surface area (Å²) in [7, 11) is 0. The van der Waals surface area contributed by atoms with Gasteiger partial charge in [0.1, 0.15) is 5.75 Å². The van der Waals surface area contributed by atoms with Crippen LogP contribution in [0.4, 0.5) is 5.69 Å². The third-order valence-corrected chi connectivity index (χ3v) is 6.33. The van der Waals surface area contributed by atoms with Gasteiger partial charge in [-0.15, -0.1) is 0 Å². The standard InChI is InChI=1S/C27H27N3O3/c31-25(19-24-27(32)28-22-13-7-8-14-23(22)33-24)29-15-17-30(18-16-29)26(20-9-3-1-4-10-20)21-11-5-2-6-12-21/h1-14,24,26H,15-19H2,(H,28,32)/t24-/m1/s1. The number of fused-ring (bicyclic) bond motifs is 1. The van der Waals surface area contributed by atoms with Gasteiger partial charge in [-0.05, 0) is 23.3 Å². The highest BCUT2D eigenvalue weighted by atomic mass is 16.5. The van der Waals surface area contributed by atoms with Crippen molar-refractivity contribution >= 4 is 17.5 Å². The van der Waals surface area contributed by atoms with Gasteiger partial charge in [-0.2, -0.15) is 0 Å². The average molecular weight is 442 g/mol. The molecule has 33 heavy (non-hydrogen) atoms. The number of hydrogen-bond acceptors (Lipinski definition) is 4. The van der Waals surface area contributed by atoms with Crippen molar-refractivity contribution in [1.29, 1.82) is 0 Å². The molecule has 2 amide bonds. The van der Waals surface area contributed by atoms with E-state index in [0.29, 0.717) is 24.5 Å². The van der Waals surface area contributed by atoms with Crippen molar-refractivity contribution in [3.05, 3.63) is 96.1 Å². The van der Waals surface area contributed by atoms with Crippen LogP contribution in [-0.4, -0.2) is 53.9 Å². The van der Waals surface area contributed by atoms with Gasteiger partial charge >= 0.3 is 0 Å². The number of benzene rings is 3. The fourth-order valence-corrected chi connectivity index (χ4v) is 4.63. The molecule has 2 heterocycles. The number of piperazine rings is 1. The number of rotatable bonds is 5. The zero-order chi connectivity index (χ0) is 22.6. The first kappa shape index (κ1) is 21.2. The number of anilines is 1. The second-order valence-electron chi connectivity index (χ2n) is 8.44. The Balaban J connectivity index is 1.24. The lowest BCUT2D eigenvalue weighted by Gasteiger charge is -2.40. The van der Waals surface area contributed by atoms with Crippen LogP contribution in [0.15, 0.2) is 84.9 Å². The molecule has 1 saturated heterocycles. The summed E-state index contributed by atoms with van der Waals surface area (Å²) in [5, 5.41) is 2.83. The summed E-state index contributed by atoms with van der Waals surface area (Å²) in [6.45, 7) is 2.78. The van der Waals surface area contributed by atoms with Gasteiger partial charge in [-0.25, -0.2) is 0 Å². The van der Waals surface area contributed by atoms with Crippen molar-refractivity contribution in [2.75, 3.05) is 31.5 Å². The maximum absolute atomic E-state index is 13.0. The van der Waals surface area contributed by atoms with Gasteiger partial charge in [0.05, 0.1) is 18.2 Å². The molecule has 0 unspecified atom stereocenters. The van der Waals surface area contributed by atoms with Crippen LogP contribution in [0, 0.1) is 0 Å². The van der Waals surface area contributed by atoms with Gasteiger partial charge in [-0.1, -0.05) is 72.8 Å². The van der Waals surface area contributed by atoms with Crippen LogP contribution < -0.4 is 10.1 Å². The first-order valence-corrected chi connectivity index (χ1v) is 11.4. The third kappa shape index (κ3) is 4.61. The Labute approximate surface area is 193 Å². The largest absolute Gasteiger partial charge is 0.478 e. The minimum Gasteiger partial charge on any atom is -0.478 e. The molecule has 3 aromatic rings. The van der Waals surface area contributed by atoms with E-state index in [1.807, 2.05) is 29.2 Å². The van der Waals surface area contributed by atoms with E-state index >= 15 is 0 Å². The number of carbonyl (C=O) groups is 2. The van der Waals surface area contributed by atoms with E-state index in [1.54, 1.807) is 12.1 Å². The summed E-state index contributed by atoms with van der Waals surface area (Å²) < 4.78 is 5.81. The smallest absolute Gasteiger partial charge is 0.266 e. The van der Waals surface area contributed by atoms with Crippen molar-refractivity contribution in [3.8, 4) is 5.75 Å². The zero-order valence-electron chi connectivity index (χ0n) is 18.4. The first-order valence-electron chi connectivity index (χ1n) is 11.4. The summed E-state index contributed by atoms with van der Waals surface area (Å²) in [5.74, 6) is 0.285. The monoisotopic (exact) mass is 441 g/mol. The Morgan fingerprint density at radius 2 is 1.42 bits per heavy atom. The number of carbonyl (C=O) groups excluding carboxylic acids is 2. The van der Waals surface area contributed by atoms with Gasteiger partial charge in [0.15, 0.2) is 6.10 Å². The van der Waals surface area contributed by atoms with Gasteiger partial charge in [0.25, 0.3) is 5.91 Å². The highest BCUT2D eigenvalue weighted by molar-refractivity contribution is 5.99. The van der Waals surface area contributed by atoms with Gasteiger partial charge in [0, 0.05) is 26.2 Å². The SMILES string of the molecule is O=C1Nc2ccccc2O[C@@H]1CC(=O)N1CCN(C(c2ccccc2)c2ccccc2)CC1. The van der Waals surface area contributed by atoms with Crippen molar-refractivity contribution in [3.63, 3.8) is 0 Å². The Morgan fingerprint density at radius 1 is 0.848 bits per heavy atom. The molecule has 0 spiro atoms. The van der Waals surface area contributed by atoms with Crippen molar-refractivity contribution in [2.45, 2.75) is 18.6 Å². The average Bonchev–Trinajstić information content (AvgIpc) is 2.86. The van der Waals surface area contributed by atoms with Crippen LogP contribution in [0.25, 0.3) is 0 Å². The van der Waals surface area contributed by atoms with E-state index in [0.717, 1.165) is 13.1 Å². The van der Waals surface area contributed by atoms with Gasteiger partial charge in [-0.3, -0.25) is 14.5 Å². The third-order valence-electron chi connectivity index (χ3n) is 6.33. The zero-order valence-corrected chi connectivity index (χ0v) is 18.4. The summed E-state index contributed by atoms with van der Waals surface area (Å²) in [6, 6.07) is 28.4. The lowest BCUT2D eigenvalue weighted by atomic mass is 9.96. The number of amides is 2. The number of nitrogens with zero attached hydrogens (tertiary/aromatic N) is 2. The number of nitrogens with one attached hydrogen (secondary N) is 1. The molecule has 5 rings (SSSR count).